The normalized spacial score (nSPS) is 17.7. The van der Waals surface area contributed by atoms with Gasteiger partial charge in [0.1, 0.15) is 5.82 Å². The Morgan fingerprint density at radius 3 is 2.53 bits per heavy atom. The van der Waals surface area contributed by atoms with Crippen molar-refractivity contribution in [3.63, 3.8) is 0 Å². The van der Waals surface area contributed by atoms with Crippen LogP contribution in [0.3, 0.4) is 0 Å². The van der Waals surface area contributed by atoms with Crippen LogP contribution in [0.15, 0.2) is 41.2 Å². The number of likely N-dealkylation sites (tertiary alicyclic amines) is 1. The summed E-state index contributed by atoms with van der Waals surface area (Å²) in [5.41, 5.74) is 2.54. The lowest BCUT2D eigenvalue weighted by Crippen LogP contribution is -2.42. The molecule has 0 radical (unpaired) electrons. The molecule has 0 amide bonds. The zero-order valence-electron chi connectivity index (χ0n) is 17.7. The largest absolute Gasteiger partial charge is 0.301 e. The predicted octanol–water partition coefficient (Wildman–Crippen LogP) is 5.80. The van der Waals surface area contributed by atoms with E-state index >= 15 is 0 Å². The van der Waals surface area contributed by atoms with Gasteiger partial charge >= 0.3 is 0 Å². The number of benzene rings is 2. The molecule has 1 fully saturated rings. The molecule has 1 aromatic heterocycles. The van der Waals surface area contributed by atoms with Gasteiger partial charge in [-0.2, -0.15) is 0 Å². The van der Waals surface area contributed by atoms with E-state index in [2.05, 4.69) is 18.7 Å². The van der Waals surface area contributed by atoms with Crippen molar-refractivity contribution in [2.24, 2.45) is 5.92 Å². The van der Waals surface area contributed by atoms with Gasteiger partial charge in [0.05, 0.1) is 10.9 Å². The Labute approximate surface area is 187 Å². The fourth-order valence-electron chi connectivity index (χ4n) is 4.42. The average molecular weight is 444 g/mol. The summed E-state index contributed by atoms with van der Waals surface area (Å²) >= 11 is 12.3. The molecule has 1 aliphatic heterocycles. The van der Waals surface area contributed by atoms with E-state index in [1.807, 2.05) is 41.8 Å². The summed E-state index contributed by atoms with van der Waals surface area (Å²) in [5.74, 6) is 1.24. The third-order valence-corrected chi connectivity index (χ3v) is 6.50. The van der Waals surface area contributed by atoms with Crippen molar-refractivity contribution in [2.45, 2.75) is 46.2 Å². The summed E-state index contributed by atoms with van der Waals surface area (Å²) in [6, 6.07) is 11.7. The SMILES string of the molecule is Cc1nc2ccc(-c3cc(Cl)cc(Cl)c3)cc2c(=O)n1C[C@H]1CCCN(C(C)C)C1. The lowest BCUT2D eigenvalue weighted by Gasteiger charge is -2.35. The summed E-state index contributed by atoms with van der Waals surface area (Å²) in [6.45, 7) is 9.28. The minimum Gasteiger partial charge on any atom is -0.301 e. The fraction of sp³-hybridized carbons (Fsp3) is 0.417. The van der Waals surface area contributed by atoms with Crippen LogP contribution >= 0.6 is 23.2 Å². The van der Waals surface area contributed by atoms with Crippen molar-refractivity contribution in [2.75, 3.05) is 13.1 Å². The highest BCUT2D eigenvalue weighted by molar-refractivity contribution is 6.35. The number of aromatic nitrogens is 2. The van der Waals surface area contributed by atoms with Crippen LogP contribution in [0.4, 0.5) is 0 Å². The van der Waals surface area contributed by atoms with Gasteiger partial charge in [-0.25, -0.2) is 4.98 Å². The Bertz CT molecular complexity index is 1120. The summed E-state index contributed by atoms with van der Waals surface area (Å²) in [5, 5.41) is 1.78. The molecule has 1 atom stereocenters. The molecule has 4 nitrogen and oxygen atoms in total. The molecule has 158 valence electrons. The van der Waals surface area contributed by atoms with E-state index in [9.17, 15) is 4.79 Å². The summed E-state index contributed by atoms with van der Waals surface area (Å²) in [6.07, 6.45) is 2.32. The molecule has 3 aromatic rings. The van der Waals surface area contributed by atoms with Crippen molar-refractivity contribution in [1.29, 1.82) is 0 Å². The first-order valence-corrected chi connectivity index (χ1v) is 11.3. The number of nitrogens with zero attached hydrogens (tertiary/aromatic N) is 3. The molecule has 0 unspecified atom stereocenters. The zero-order valence-corrected chi connectivity index (χ0v) is 19.2. The first-order chi connectivity index (χ1) is 14.3. The number of hydrogen-bond acceptors (Lipinski definition) is 3. The van der Waals surface area contributed by atoms with E-state index in [0.717, 1.165) is 42.0 Å². The summed E-state index contributed by atoms with van der Waals surface area (Å²) in [7, 11) is 0. The number of aryl methyl sites for hydroxylation is 1. The van der Waals surface area contributed by atoms with Crippen molar-refractivity contribution < 1.29 is 0 Å². The van der Waals surface area contributed by atoms with Gasteiger partial charge in [0.2, 0.25) is 0 Å². The molecule has 4 rings (SSSR count). The third kappa shape index (κ3) is 4.41. The van der Waals surface area contributed by atoms with Gasteiger partial charge in [0.25, 0.3) is 5.56 Å². The quantitative estimate of drug-likeness (QED) is 0.511. The fourth-order valence-corrected chi connectivity index (χ4v) is 4.95. The first-order valence-electron chi connectivity index (χ1n) is 10.5. The molecule has 6 heteroatoms. The molecule has 0 bridgehead atoms. The molecule has 0 spiro atoms. The van der Waals surface area contributed by atoms with Crippen molar-refractivity contribution >= 4 is 34.1 Å². The zero-order chi connectivity index (χ0) is 21.4. The standard InChI is InChI=1S/C24H27Cl2N3O/c1-15(2)28-8-4-5-17(13-28)14-29-16(3)27-23-7-6-18(11-22(23)24(29)30)19-9-20(25)12-21(26)10-19/h6-7,9-12,15,17H,4-5,8,13-14H2,1-3H3/t17-/m0/s1. The molecule has 0 saturated carbocycles. The van der Waals surface area contributed by atoms with Crippen LogP contribution in [0.5, 0.6) is 0 Å². The van der Waals surface area contributed by atoms with Gasteiger partial charge in [-0.1, -0.05) is 29.3 Å². The van der Waals surface area contributed by atoms with Gasteiger partial charge in [-0.05, 0) is 87.5 Å². The summed E-state index contributed by atoms with van der Waals surface area (Å²) in [4.78, 5) is 20.6. The second kappa shape index (κ2) is 8.70. The van der Waals surface area contributed by atoms with Crippen LogP contribution in [0, 0.1) is 12.8 Å². The number of piperidine rings is 1. The maximum Gasteiger partial charge on any atom is 0.261 e. The molecule has 0 aliphatic carbocycles. The number of fused-ring (bicyclic) bond motifs is 1. The van der Waals surface area contributed by atoms with Crippen molar-refractivity contribution in [3.8, 4) is 11.1 Å². The highest BCUT2D eigenvalue weighted by Gasteiger charge is 2.23. The second-order valence-corrected chi connectivity index (χ2v) is 9.43. The van der Waals surface area contributed by atoms with Crippen molar-refractivity contribution in [3.05, 3.63) is 62.6 Å². The van der Waals surface area contributed by atoms with Crippen LogP contribution in [-0.2, 0) is 6.54 Å². The smallest absolute Gasteiger partial charge is 0.261 e. The van der Waals surface area contributed by atoms with Crippen LogP contribution in [0.2, 0.25) is 10.0 Å². The Kier molecular flexibility index (Phi) is 6.19. The van der Waals surface area contributed by atoms with E-state index in [4.69, 9.17) is 28.2 Å². The van der Waals surface area contributed by atoms with Gasteiger partial charge < -0.3 is 4.90 Å². The maximum absolute atomic E-state index is 13.4. The maximum atomic E-state index is 13.4. The number of hydrogen-bond donors (Lipinski definition) is 0. The molecule has 0 N–H and O–H groups in total. The lowest BCUT2D eigenvalue weighted by atomic mass is 9.96. The lowest BCUT2D eigenvalue weighted by molar-refractivity contribution is 0.129. The highest BCUT2D eigenvalue weighted by Crippen LogP contribution is 2.29. The first kappa shape index (κ1) is 21.4. The van der Waals surface area contributed by atoms with Crippen LogP contribution in [0.1, 0.15) is 32.5 Å². The van der Waals surface area contributed by atoms with E-state index in [1.54, 1.807) is 6.07 Å². The monoisotopic (exact) mass is 443 g/mol. The van der Waals surface area contributed by atoms with Crippen LogP contribution in [0.25, 0.3) is 22.0 Å². The van der Waals surface area contributed by atoms with Crippen LogP contribution in [-0.4, -0.2) is 33.6 Å². The molecular weight excluding hydrogens is 417 g/mol. The van der Waals surface area contributed by atoms with Gasteiger partial charge in [-0.15, -0.1) is 0 Å². The molecule has 30 heavy (non-hydrogen) atoms. The Balaban J connectivity index is 1.71. The molecule has 2 aromatic carbocycles. The van der Waals surface area contributed by atoms with Gasteiger partial charge in [0, 0.05) is 29.2 Å². The second-order valence-electron chi connectivity index (χ2n) is 8.56. The van der Waals surface area contributed by atoms with Crippen LogP contribution < -0.4 is 5.56 Å². The van der Waals surface area contributed by atoms with E-state index in [1.165, 1.54) is 6.42 Å². The highest BCUT2D eigenvalue weighted by atomic mass is 35.5. The number of halogens is 2. The molecular formula is C24H27Cl2N3O. The van der Waals surface area contributed by atoms with Crippen molar-refractivity contribution in [1.82, 2.24) is 14.5 Å². The average Bonchev–Trinajstić information content (AvgIpc) is 2.70. The number of rotatable bonds is 4. The third-order valence-electron chi connectivity index (χ3n) is 6.06. The molecule has 1 aliphatic rings. The molecule has 2 heterocycles. The van der Waals surface area contributed by atoms with Gasteiger partial charge in [-0.3, -0.25) is 9.36 Å². The predicted molar refractivity (Wildman–Crippen MR) is 126 cm³/mol. The Hall–Kier alpha value is -1.88. The Morgan fingerprint density at radius 2 is 1.83 bits per heavy atom. The van der Waals surface area contributed by atoms with E-state index in [0.29, 0.717) is 33.9 Å². The Morgan fingerprint density at radius 1 is 1.10 bits per heavy atom. The van der Waals surface area contributed by atoms with E-state index in [-0.39, 0.29) is 5.56 Å². The summed E-state index contributed by atoms with van der Waals surface area (Å²) < 4.78 is 1.85. The minimum absolute atomic E-state index is 0.0224. The molecule has 1 saturated heterocycles. The minimum atomic E-state index is 0.0224. The van der Waals surface area contributed by atoms with E-state index < -0.39 is 0 Å². The topological polar surface area (TPSA) is 38.1 Å². The van der Waals surface area contributed by atoms with Gasteiger partial charge in [0.15, 0.2) is 0 Å².